The van der Waals surface area contributed by atoms with Gasteiger partial charge in [-0.2, -0.15) is 0 Å². The van der Waals surface area contributed by atoms with Crippen molar-refractivity contribution in [2.24, 2.45) is 0 Å². The van der Waals surface area contributed by atoms with E-state index in [0.29, 0.717) is 6.42 Å². The highest BCUT2D eigenvalue weighted by atomic mass is 13.7. The molecule has 0 rings (SSSR count). The summed E-state index contributed by atoms with van der Waals surface area (Å²) in [5.74, 6) is 0. The molecule has 32 valence electrons. The van der Waals surface area contributed by atoms with E-state index in [1.54, 1.807) is 6.92 Å². The first-order chi connectivity index (χ1) is 4.31. The molecule has 0 heterocycles. The van der Waals surface area contributed by atoms with Crippen LogP contribution in [0.1, 0.15) is 39.8 Å². The summed E-state index contributed by atoms with van der Waals surface area (Å²) in [6, 6.07) is 0. The highest BCUT2D eigenvalue weighted by Gasteiger charge is 1.68. The molecule has 0 aliphatic carbocycles. The summed E-state index contributed by atoms with van der Waals surface area (Å²) in [5, 5.41) is 0. The second-order valence-electron chi connectivity index (χ2n) is 0.927. The minimum absolute atomic E-state index is 0.101. The van der Waals surface area contributed by atoms with Crippen LogP contribution in [0.5, 0.6) is 0 Å². The lowest BCUT2D eigenvalue weighted by Gasteiger charge is -1.79. The van der Waals surface area contributed by atoms with E-state index in [2.05, 4.69) is 0 Å². The average molecular weight is 77.2 g/mol. The van der Waals surface area contributed by atoms with Gasteiger partial charge in [-0.1, -0.05) is 33.0 Å². The number of rotatable bonds is 2. The van der Waals surface area contributed by atoms with Crippen LogP contribution in [0.25, 0.3) is 0 Å². The second kappa shape index (κ2) is 4.00. The van der Waals surface area contributed by atoms with E-state index in [1.165, 1.54) is 0 Å². The van der Waals surface area contributed by atoms with Crippen LogP contribution in [0.3, 0.4) is 0 Å². The highest BCUT2D eigenvalue weighted by Crippen LogP contribution is 1.88. The fourth-order valence-electron chi connectivity index (χ4n) is 0.125. The zero-order chi connectivity index (χ0) is 8.41. The molecule has 5 heavy (non-hydrogen) atoms. The van der Waals surface area contributed by atoms with Crippen LogP contribution in [0.4, 0.5) is 0 Å². The molecule has 0 heteroatoms. The van der Waals surface area contributed by atoms with Gasteiger partial charge >= 0.3 is 0 Å². The van der Waals surface area contributed by atoms with Crippen molar-refractivity contribution in [2.45, 2.75) is 33.0 Å². The summed E-state index contributed by atoms with van der Waals surface area (Å²) in [5.41, 5.74) is 0. The maximum Gasteiger partial charge on any atom is 0.0264 e. The van der Waals surface area contributed by atoms with Gasteiger partial charge < -0.3 is 0 Å². The molecular formula is C5H12. The first kappa shape index (κ1) is 0.988. The molecule has 0 aromatic heterocycles. The Balaban J connectivity index is 4.10. The van der Waals surface area contributed by atoms with E-state index in [9.17, 15) is 0 Å². The van der Waals surface area contributed by atoms with Gasteiger partial charge in [-0.3, -0.25) is 0 Å². The van der Waals surface area contributed by atoms with Crippen molar-refractivity contribution in [2.75, 3.05) is 0 Å². The van der Waals surface area contributed by atoms with Crippen LogP contribution in [-0.4, -0.2) is 0 Å². The van der Waals surface area contributed by atoms with Crippen LogP contribution in [0.2, 0.25) is 0 Å². The smallest absolute Gasteiger partial charge is 0.0264 e. The van der Waals surface area contributed by atoms with Crippen molar-refractivity contribution in [1.82, 2.24) is 0 Å². The summed E-state index contributed by atoms with van der Waals surface area (Å²) in [6.07, 6.45) is -1.35. The lowest BCUT2D eigenvalue weighted by Crippen LogP contribution is -1.59. The first-order valence-corrected chi connectivity index (χ1v) is 1.81. The normalized spacial score (nSPS) is 28.6. The minimum atomic E-state index is -2.47. The molecule has 0 bridgehead atoms. The lowest BCUT2D eigenvalue weighted by molar-refractivity contribution is 0.772. The molecule has 0 aliphatic rings. The third kappa shape index (κ3) is 4.00. The van der Waals surface area contributed by atoms with Crippen LogP contribution >= 0.6 is 0 Å². The van der Waals surface area contributed by atoms with E-state index >= 15 is 0 Å². The quantitative estimate of drug-likeness (QED) is 0.474. The maximum atomic E-state index is 7.08. The first-order valence-electron chi connectivity index (χ1n) is 4.31. The minimum Gasteiger partial charge on any atom is -0.0654 e. The Bertz CT molecular complexity index is 103. The molecule has 0 unspecified atom stereocenters. The molecule has 0 nitrogen and oxygen atoms in total. The summed E-state index contributed by atoms with van der Waals surface area (Å²) in [7, 11) is 0. The van der Waals surface area contributed by atoms with Crippen LogP contribution in [0.15, 0.2) is 0 Å². The Morgan fingerprint density at radius 1 is 2.00 bits per heavy atom. The molecule has 0 radical (unpaired) electrons. The lowest BCUT2D eigenvalue weighted by atomic mass is 10.3. The standard InChI is InChI=1S/C5H12/c1-3-5-4-2/h3-5H2,1-2H3/i1D3,3D2. The maximum absolute atomic E-state index is 7.08. The van der Waals surface area contributed by atoms with Crippen molar-refractivity contribution in [3.8, 4) is 0 Å². The molecule has 0 N–H and O–H groups in total. The zero-order valence-electron chi connectivity index (χ0n) is 8.41. The van der Waals surface area contributed by atoms with Gasteiger partial charge in [0.1, 0.15) is 0 Å². The van der Waals surface area contributed by atoms with Gasteiger partial charge in [0, 0.05) is 6.85 Å². The molecule has 0 aromatic carbocycles. The Labute approximate surface area is 41.2 Å². The monoisotopic (exact) mass is 77.1 g/mol. The average Bonchev–Trinajstić information content (AvgIpc) is 1.61. The Kier molecular flexibility index (Phi) is 0.790. The Morgan fingerprint density at radius 3 is 3.00 bits per heavy atom. The third-order valence-electron chi connectivity index (χ3n) is 0.375. The highest BCUT2D eigenvalue weighted by molar-refractivity contribution is 4.24. The second-order valence-corrected chi connectivity index (χ2v) is 0.927. The molecule has 0 amide bonds. The molecule has 0 spiro atoms. The molecular weight excluding hydrogens is 60.1 g/mol. The molecule has 0 aromatic rings. The van der Waals surface area contributed by atoms with Crippen LogP contribution in [0, 0.1) is 0 Å². The third-order valence-corrected chi connectivity index (χ3v) is 0.375. The Morgan fingerprint density at radius 2 is 2.80 bits per heavy atom. The van der Waals surface area contributed by atoms with Gasteiger partial charge in [0.15, 0.2) is 0 Å². The van der Waals surface area contributed by atoms with Crippen molar-refractivity contribution in [3.63, 3.8) is 0 Å². The van der Waals surface area contributed by atoms with Gasteiger partial charge in [0.25, 0.3) is 0 Å². The van der Waals surface area contributed by atoms with E-state index in [1.807, 2.05) is 0 Å². The van der Waals surface area contributed by atoms with E-state index in [0.717, 1.165) is 0 Å². The molecule has 0 fully saturated rings. The van der Waals surface area contributed by atoms with E-state index in [-0.39, 0.29) is 6.42 Å². The number of hydrogen-bond donors (Lipinski definition) is 0. The van der Waals surface area contributed by atoms with Gasteiger partial charge in [0.05, 0.1) is 0 Å². The Hall–Kier alpha value is 0. The van der Waals surface area contributed by atoms with Crippen molar-refractivity contribution >= 4 is 0 Å². The predicted molar refractivity (Wildman–Crippen MR) is 25.2 cm³/mol. The largest absolute Gasteiger partial charge is 0.0654 e. The van der Waals surface area contributed by atoms with Gasteiger partial charge in [-0.15, -0.1) is 0 Å². The summed E-state index contributed by atoms with van der Waals surface area (Å²) < 4.78 is 34.6. The summed E-state index contributed by atoms with van der Waals surface area (Å²) >= 11 is 0. The summed E-state index contributed by atoms with van der Waals surface area (Å²) in [6.45, 7) is -0.702. The van der Waals surface area contributed by atoms with E-state index < -0.39 is 13.2 Å². The fourth-order valence-corrected chi connectivity index (χ4v) is 0.125. The fraction of sp³-hybridized carbons (Fsp3) is 1.00. The molecule has 0 aliphatic heterocycles. The molecule has 0 saturated heterocycles. The van der Waals surface area contributed by atoms with Crippen LogP contribution < -0.4 is 0 Å². The number of hydrogen-bond acceptors (Lipinski definition) is 0. The predicted octanol–water partition coefficient (Wildman–Crippen LogP) is 2.20. The molecule has 0 atom stereocenters. The molecule has 0 saturated carbocycles. The zero-order valence-corrected chi connectivity index (χ0v) is 3.41. The van der Waals surface area contributed by atoms with E-state index in [4.69, 9.17) is 6.85 Å². The van der Waals surface area contributed by atoms with Crippen molar-refractivity contribution < 1.29 is 6.85 Å². The van der Waals surface area contributed by atoms with Crippen molar-refractivity contribution in [3.05, 3.63) is 0 Å². The SMILES string of the molecule is [2H]C([2H])([2H])C([2H])([2H])CCC. The van der Waals surface area contributed by atoms with Gasteiger partial charge in [0.2, 0.25) is 0 Å². The van der Waals surface area contributed by atoms with Gasteiger partial charge in [-0.25, -0.2) is 0 Å². The topological polar surface area (TPSA) is 0 Å². The summed E-state index contributed by atoms with van der Waals surface area (Å²) in [4.78, 5) is 0. The van der Waals surface area contributed by atoms with Crippen molar-refractivity contribution in [1.29, 1.82) is 0 Å². The van der Waals surface area contributed by atoms with Crippen LogP contribution in [-0.2, 0) is 0 Å². The van der Waals surface area contributed by atoms with Gasteiger partial charge in [-0.05, 0) is 0 Å².